The molecule has 0 unspecified atom stereocenters. The zero-order chi connectivity index (χ0) is 10.7. The van der Waals surface area contributed by atoms with Crippen LogP contribution in [0.15, 0.2) is 23.3 Å². The summed E-state index contributed by atoms with van der Waals surface area (Å²) in [7, 11) is 0. The van der Waals surface area contributed by atoms with Crippen LogP contribution in [0.1, 0.15) is 19.8 Å². The van der Waals surface area contributed by atoms with Gasteiger partial charge in [0.1, 0.15) is 0 Å². The third-order valence-corrected chi connectivity index (χ3v) is 2.99. The summed E-state index contributed by atoms with van der Waals surface area (Å²) < 4.78 is 0. The molecule has 1 saturated carbocycles. The van der Waals surface area contributed by atoms with Gasteiger partial charge in [0.2, 0.25) is 0 Å². The zero-order valence-corrected chi connectivity index (χ0v) is 9.30. The SMILES string of the molecule is C/C(=C\NC(=O)Nc1nccs1)C1CC1. The Hall–Kier alpha value is -1.36. The number of carbonyl (C=O) groups is 1. The van der Waals surface area contributed by atoms with Gasteiger partial charge in [-0.2, -0.15) is 0 Å². The molecule has 80 valence electrons. The van der Waals surface area contributed by atoms with Gasteiger partial charge in [0, 0.05) is 17.8 Å². The number of anilines is 1. The van der Waals surface area contributed by atoms with Crippen molar-refractivity contribution in [3.05, 3.63) is 23.3 Å². The summed E-state index contributed by atoms with van der Waals surface area (Å²) in [5, 5.41) is 7.78. The molecule has 0 bridgehead atoms. The van der Waals surface area contributed by atoms with Gasteiger partial charge in [-0.3, -0.25) is 5.32 Å². The van der Waals surface area contributed by atoms with Crippen molar-refractivity contribution in [1.82, 2.24) is 10.3 Å². The lowest BCUT2D eigenvalue weighted by atomic mass is 10.2. The number of rotatable bonds is 3. The van der Waals surface area contributed by atoms with Gasteiger partial charge in [-0.15, -0.1) is 11.3 Å². The molecule has 1 aromatic heterocycles. The van der Waals surface area contributed by atoms with Gasteiger partial charge >= 0.3 is 6.03 Å². The normalized spacial score (nSPS) is 16.2. The van der Waals surface area contributed by atoms with Crippen molar-refractivity contribution in [2.45, 2.75) is 19.8 Å². The second kappa shape index (κ2) is 4.44. The summed E-state index contributed by atoms with van der Waals surface area (Å²) >= 11 is 1.40. The lowest BCUT2D eigenvalue weighted by Crippen LogP contribution is -2.24. The highest BCUT2D eigenvalue weighted by atomic mass is 32.1. The number of nitrogens with zero attached hydrogens (tertiary/aromatic N) is 1. The first-order chi connectivity index (χ1) is 7.25. The van der Waals surface area contributed by atoms with Crippen LogP contribution in [-0.4, -0.2) is 11.0 Å². The van der Waals surface area contributed by atoms with Gasteiger partial charge < -0.3 is 5.32 Å². The standard InChI is InChI=1S/C10H13N3OS/c1-7(8-2-3-8)6-12-9(14)13-10-11-4-5-15-10/h4-6,8H,2-3H2,1H3,(H2,11,12,13,14)/b7-6+. The summed E-state index contributed by atoms with van der Waals surface area (Å²) in [5.41, 5.74) is 1.24. The maximum Gasteiger partial charge on any atom is 0.325 e. The van der Waals surface area contributed by atoms with Crippen molar-refractivity contribution in [3.63, 3.8) is 0 Å². The van der Waals surface area contributed by atoms with Crippen LogP contribution in [0.5, 0.6) is 0 Å². The van der Waals surface area contributed by atoms with E-state index in [4.69, 9.17) is 0 Å². The van der Waals surface area contributed by atoms with Gasteiger partial charge in [0.05, 0.1) is 0 Å². The minimum Gasteiger partial charge on any atom is -0.314 e. The molecule has 1 heterocycles. The fourth-order valence-electron chi connectivity index (χ4n) is 1.25. The molecule has 15 heavy (non-hydrogen) atoms. The smallest absolute Gasteiger partial charge is 0.314 e. The Morgan fingerprint density at radius 3 is 3.07 bits per heavy atom. The highest BCUT2D eigenvalue weighted by Gasteiger charge is 2.22. The molecular weight excluding hydrogens is 210 g/mol. The number of hydrogen-bond acceptors (Lipinski definition) is 3. The van der Waals surface area contributed by atoms with E-state index in [1.807, 2.05) is 12.3 Å². The Labute approximate surface area is 92.4 Å². The lowest BCUT2D eigenvalue weighted by Gasteiger charge is -2.02. The van der Waals surface area contributed by atoms with Crippen molar-refractivity contribution in [1.29, 1.82) is 0 Å². The molecule has 0 aromatic carbocycles. The van der Waals surface area contributed by atoms with Crippen LogP contribution in [-0.2, 0) is 0 Å². The molecule has 1 aliphatic carbocycles. The molecule has 0 aliphatic heterocycles. The van der Waals surface area contributed by atoms with Crippen LogP contribution < -0.4 is 10.6 Å². The molecule has 1 fully saturated rings. The summed E-state index contributed by atoms with van der Waals surface area (Å²) in [5.74, 6) is 0.685. The number of amides is 2. The molecule has 5 heteroatoms. The third-order valence-electron chi connectivity index (χ3n) is 2.31. The highest BCUT2D eigenvalue weighted by molar-refractivity contribution is 7.13. The third kappa shape index (κ3) is 3.06. The Kier molecular flexibility index (Phi) is 3.01. The van der Waals surface area contributed by atoms with Crippen molar-refractivity contribution >= 4 is 22.5 Å². The lowest BCUT2D eigenvalue weighted by molar-refractivity contribution is 0.255. The molecule has 2 amide bonds. The summed E-state index contributed by atoms with van der Waals surface area (Å²) in [6.07, 6.45) is 5.93. The number of aromatic nitrogens is 1. The van der Waals surface area contributed by atoms with E-state index >= 15 is 0 Å². The van der Waals surface area contributed by atoms with Gasteiger partial charge in [-0.25, -0.2) is 9.78 Å². The maximum absolute atomic E-state index is 11.4. The quantitative estimate of drug-likeness (QED) is 0.827. The fraction of sp³-hybridized carbons (Fsp3) is 0.400. The average molecular weight is 223 g/mol. The van der Waals surface area contributed by atoms with Gasteiger partial charge in [0.15, 0.2) is 5.13 Å². The predicted octanol–water partition coefficient (Wildman–Crippen LogP) is 2.58. The molecule has 2 N–H and O–H groups in total. The summed E-state index contributed by atoms with van der Waals surface area (Å²) in [6.45, 7) is 2.04. The number of hydrogen-bond donors (Lipinski definition) is 2. The maximum atomic E-state index is 11.4. The van der Waals surface area contributed by atoms with E-state index in [0.717, 1.165) is 0 Å². The van der Waals surface area contributed by atoms with Crippen LogP contribution >= 0.6 is 11.3 Å². The van der Waals surface area contributed by atoms with Gasteiger partial charge in [-0.05, 0) is 25.7 Å². The first-order valence-corrected chi connectivity index (χ1v) is 5.77. The first-order valence-electron chi connectivity index (χ1n) is 4.89. The van der Waals surface area contributed by atoms with Crippen LogP contribution in [0.25, 0.3) is 0 Å². The molecule has 0 saturated heterocycles. The number of thiazole rings is 1. The van der Waals surface area contributed by atoms with E-state index in [1.165, 1.54) is 29.8 Å². The van der Waals surface area contributed by atoms with E-state index < -0.39 is 0 Å². The van der Waals surface area contributed by atoms with Crippen molar-refractivity contribution in [2.24, 2.45) is 5.92 Å². The number of carbonyl (C=O) groups excluding carboxylic acids is 1. The minimum absolute atomic E-state index is 0.232. The second-order valence-corrected chi connectivity index (χ2v) is 4.49. The molecule has 0 atom stereocenters. The Bertz CT molecular complexity index is 368. The van der Waals surface area contributed by atoms with E-state index in [9.17, 15) is 4.79 Å². The Morgan fingerprint density at radius 1 is 1.67 bits per heavy atom. The van der Waals surface area contributed by atoms with E-state index in [2.05, 4.69) is 15.6 Å². The molecule has 1 aromatic rings. The highest BCUT2D eigenvalue weighted by Crippen LogP contribution is 2.35. The first kappa shape index (κ1) is 10.2. The number of nitrogens with one attached hydrogen (secondary N) is 2. The Morgan fingerprint density at radius 2 is 2.47 bits per heavy atom. The van der Waals surface area contributed by atoms with E-state index in [1.54, 1.807) is 12.4 Å². The fourth-order valence-corrected chi connectivity index (χ4v) is 1.78. The van der Waals surface area contributed by atoms with Crippen molar-refractivity contribution < 1.29 is 4.79 Å². The molecule has 1 aliphatic rings. The Balaban J connectivity index is 1.79. The molecular formula is C10H13N3OS. The molecule has 2 rings (SSSR count). The predicted molar refractivity (Wildman–Crippen MR) is 60.7 cm³/mol. The van der Waals surface area contributed by atoms with Crippen molar-refractivity contribution in [3.8, 4) is 0 Å². The monoisotopic (exact) mass is 223 g/mol. The number of allylic oxidation sites excluding steroid dienone is 1. The van der Waals surface area contributed by atoms with Crippen LogP contribution in [0.4, 0.5) is 9.93 Å². The average Bonchev–Trinajstić information content (AvgIpc) is 2.95. The van der Waals surface area contributed by atoms with Crippen LogP contribution in [0.3, 0.4) is 0 Å². The van der Waals surface area contributed by atoms with Crippen LogP contribution in [0, 0.1) is 5.92 Å². The molecule has 0 radical (unpaired) electrons. The van der Waals surface area contributed by atoms with E-state index in [0.29, 0.717) is 11.0 Å². The topological polar surface area (TPSA) is 54.0 Å². The van der Waals surface area contributed by atoms with Crippen LogP contribution in [0.2, 0.25) is 0 Å². The molecule has 4 nitrogen and oxygen atoms in total. The summed E-state index contributed by atoms with van der Waals surface area (Å²) in [6, 6.07) is -0.232. The second-order valence-electron chi connectivity index (χ2n) is 3.60. The van der Waals surface area contributed by atoms with Crippen molar-refractivity contribution in [2.75, 3.05) is 5.32 Å². The molecule has 0 spiro atoms. The largest absolute Gasteiger partial charge is 0.325 e. The minimum atomic E-state index is -0.232. The summed E-state index contributed by atoms with van der Waals surface area (Å²) in [4.78, 5) is 15.3. The zero-order valence-electron chi connectivity index (χ0n) is 8.49. The van der Waals surface area contributed by atoms with Gasteiger partial charge in [-0.1, -0.05) is 5.57 Å². The number of urea groups is 1. The van der Waals surface area contributed by atoms with E-state index in [-0.39, 0.29) is 6.03 Å². The van der Waals surface area contributed by atoms with Gasteiger partial charge in [0.25, 0.3) is 0 Å².